The second-order valence-corrected chi connectivity index (χ2v) is 15.2. The molecule has 10 heteroatoms. The third kappa shape index (κ3) is 8.93. The number of amides is 2. The van der Waals surface area contributed by atoms with E-state index in [1.165, 1.54) is 24.8 Å². The Balaban J connectivity index is 1.05. The van der Waals surface area contributed by atoms with Gasteiger partial charge in [0.15, 0.2) is 0 Å². The summed E-state index contributed by atoms with van der Waals surface area (Å²) in [6.07, 6.45) is 9.58. The number of piperazine rings is 1. The highest BCUT2D eigenvalue weighted by Crippen LogP contribution is 2.33. The molecule has 3 aromatic rings. The van der Waals surface area contributed by atoms with E-state index in [-0.39, 0.29) is 17.7 Å². The van der Waals surface area contributed by atoms with E-state index in [0.717, 1.165) is 63.6 Å². The number of likely N-dealkylation sites (tertiary alicyclic amines) is 1. The van der Waals surface area contributed by atoms with Crippen LogP contribution in [0.5, 0.6) is 11.5 Å². The standard InChI is InChI=1S/C37H46N4O5S/c1-47(44,45)39-31-14-18-33(19-15-31)46-32-16-12-29(13-17-32)25-40-22-20-30(21-23-40)35-36(42)38-34(24-27-8-4-2-5-9-27)37(43)41(35)26-28-10-6-3-7-11-28/h3,6-7,10-19,27,30,34-35,39H,2,4-5,8-9,20-26H2,1H3,(H,38,42)/t34-,35-/m0/s1. The van der Waals surface area contributed by atoms with E-state index in [2.05, 4.69) is 27.1 Å². The molecule has 2 aliphatic heterocycles. The van der Waals surface area contributed by atoms with Gasteiger partial charge < -0.3 is 15.0 Å². The van der Waals surface area contributed by atoms with E-state index in [1.54, 1.807) is 24.3 Å². The van der Waals surface area contributed by atoms with Gasteiger partial charge >= 0.3 is 0 Å². The number of anilines is 1. The fourth-order valence-corrected chi connectivity index (χ4v) is 7.99. The van der Waals surface area contributed by atoms with Crippen LogP contribution in [-0.2, 0) is 32.7 Å². The monoisotopic (exact) mass is 658 g/mol. The first-order valence-corrected chi connectivity index (χ1v) is 18.8. The Hall–Kier alpha value is -3.89. The smallest absolute Gasteiger partial charge is 0.246 e. The first kappa shape index (κ1) is 33.0. The average Bonchev–Trinajstić information content (AvgIpc) is 3.06. The van der Waals surface area contributed by atoms with Crippen LogP contribution in [0.25, 0.3) is 0 Å². The number of sulfonamides is 1. The highest BCUT2D eigenvalue weighted by molar-refractivity contribution is 7.92. The second-order valence-electron chi connectivity index (χ2n) is 13.5. The molecule has 3 aromatic carbocycles. The fraction of sp³-hybridized carbons (Fsp3) is 0.459. The number of piperidine rings is 1. The number of ether oxygens (including phenoxy) is 1. The molecule has 3 aliphatic rings. The molecule has 1 aliphatic carbocycles. The van der Waals surface area contributed by atoms with Gasteiger partial charge in [0.2, 0.25) is 21.8 Å². The number of carbonyl (C=O) groups excluding carboxylic acids is 2. The van der Waals surface area contributed by atoms with Gasteiger partial charge in [-0.25, -0.2) is 8.42 Å². The molecule has 0 spiro atoms. The van der Waals surface area contributed by atoms with Crippen molar-refractivity contribution in [3.05, 3.63) is 90.0 Å². The molecule has 2 saturated heterocycles. The van der Waals surface area contributed by atoms with Gasteiger partial charge in [-0.3, -0.25) is 19.2 Å². The highest BCUT2D eigenvalue weighted by atomic mass is 32.2. The van der Waals surface area contributed by atoms with Crippen LogP contribution in [0.15, 0.2) is 78.9 Å². The van der Waals surface area contributed by atoms with Crippen molar-refractivity contribution in [1.82, 2.24) is 15.1 Å². The Morgan fingerprint density at radius 2 is 1.40 bits per heavy atom. The lowest BCUT2D eigenvalue weighted by Crippen LogP contribution is -2.65. The second kappa shape index (κ2) is 14.9. The molecule has 0 unspecified atom stereocenters. The molecule has 9 nitrogen and oxygen atoms in total. The highest BCUT2D eigenvalue weighted by Gasteiger charge is 2.45. The van der Waals surface area contributed by atoms with Crippen molar-refractivity contribution in [3.63, 3.8) is 0 Å². The van der Waals surface area contributed by atoms with Gasteiger partial charge in [0, 0.05) is 18.8 Å². The number of benzene rings is 3. The van der Waals surface area contributed by atoms with Crippen molar-refractivity contribution >= 4 is 27.5 Å². The van der Waals surface area contributed by atoms with Gasteiger partial charge in [0.25, 0.3) is 0 Å². The molecule has 0 radical (unpaired) electrons. The molecule has 1 saturated carbocycles. The lowest BCUT2D eigenvalue weighted by molar-refractivity contribution is -0.154. The van der Waals surface area contributed by atoms with E-state index in [9.17, 15) is 18.0 Å². The van der Waals surface area contributed by atoms with Gasteiger partial charge in [-0.1, -0.05) is 74.6 Å². The molecule has 0 bridgehead atoms. The summed E-state index contributed by atoms with van der Waals surface area (Å²) in [5, 5.41) is 3.18. The molecule has 2 amide bonds. The van der Waals surface area contributed by atoms with Gasteiger partial charge in [0.1, 0.15) is 23.6 Å². The van der Waals surface area contributed by atoms with E-state index < -0.39 is 22.1 Å². The molecule has 47 heavy (non-hydrogen) atoms. The van der Waals surface area contributed by atoms with Crippen LogP contribution >= 0.6 is 0 Å². The van der Waals surface area contributed by atoms with Crippen LogP contribution in [0, 0.1) is 11.8 Å². The first-order chi connectivity index (χ1) is 22.7. The summed E-state index contributed by atoms with van der Waals surface area (Å²) in [5.41, 5.74) is 2.71. The maximum Gasteiger partial charge on any atom is 0.246 e. The summed E-state index contributed by atoms with van der Waals surface area (Å²) >= 11 is 0. The van der Waals surface area contributed by atoms with Crippen LogP contribution < -0.4 is 14.8 Å². The van der Waals surface area contributed by atoms with E-state index in [4.69, 9.17) is 4.74 Å². The topological polar surface area (TPSA) is 108 Å². The molecular formula is C37H46N4O5S. The Morgan fingerprint density at radius 1 is 0.787 bits per heavy atom. The van der Waals surface area contributed by atoms with Gasteiger partial charge in [-0.15, -0.1) is 0 Å². The van der Waals surface area contributed by atoms with Crippen LogP contribution in [0.1, 0.15) is 62.5 Å². The molecule has 2 N–H and O–H groups in total. The van der Waals surface area contributed by atoms with Crippen LogP contribution in [0.4, 0.5) is 5.69 Å². The number of carbonyl (C=O) groups is 2. The minimum atomic E-state index is -3.33. The summed E-state index contributed by atoms with van der Waals surface area (Å²) in [5.74, 6) is 2.03. The van der Waals surface area contributed by atoms with Crippen molar-refractivity contribution < 1.29 is 22.7 Å². The van der Waals surface area contributed by atoms with Crippen LogP contribution in [-0.4, -0.2) is 61.5 Å². The minimum absolute atomic E-state index is 0.0108. The van der Waals surface area contributed by atoms with Crippen molar-refractivity contribution in [2.45, 2.75) is 76.5 Å². The zero-order valence-electron chi connectivity index (χ0n) is 27.1. The molecule has 2 heterocycles. The Labute approximate surface area is 278 Å². The third-order valence-electron chi connectivity index (χ3n) is 9.79. The number of hydrogen-bond donors (Lipinski definition) is 2. The third-order valence-corrected chi connectivity index (χ3v) is 10.4. The molecule has 250 valence electrons. The van der Waals surface area contributed by atoms with Crippen molar-refractivity contribution in [1.29, 1.82) is 0 Å². The zero-order valence-corrected chi connectivity index (χ0v) is 28.0. The van der Waals surface area contributed by atoms with E-state index in [1.807, 2.05) is 47.4 Å². The molecular weight excluding hydrogens is 612 g/mol. The molecule has 3 fully saturated rings. The fourth-order valence-electron chi connectivity index (χ4n) is 7.43. The van der Waals surface area contributed by atoms with Gasteiger partial charge in [0.05, 0.1) is 6.26 Å². The summed E-state index contributed by atoms with van der Waals surface area (Å²) in [4.78, 5) is 32.0. The van der Waals surface area contributed by atoms with Crippen molar-refractivity contribution in [2.75, 3.05) is 24.1 Å². The molecule has 0 aromatic heterocycles. The SMILES string of the molecule is CS(=O)(=O)Nc1ccc(Oc2ccc(CN3CCC([C@H]4C(=O)N[C@@H](CC5CCCCC5)C(=O)N4Cc4ccccc4)CC3)cc2)cc1. The summed E-state index contributed by atoms with van der Waals surface area (Å²) < 4.78 is 31.3. The summed E-state index contributed by atoms with van der Waals surface area (Å²) in [6, 6.07) is 24.0. The largest absolute Gasteiger partial charge is 0.457 e. The van der Waals surface area contributed by atoms with Crippen molar-refractivity contribution in [3.8, 4) is 11.5 Å². The van der Waals surface area contributed by atoms with Crippen molar-refractivity contribution in [2.24, 2.45) is 11.8 Å². The van der Waals surface area contributed by atoms with Crippen LogP contribution in [0.2, 0.25) is 0 Å². The van der Waals surface area contributed by atoms with E-state index >= 15 is 0 Å². The minimum Gasteiger partial charge on any atom is -0.457 e. The zero-order chi connectivity index (χ0) is 32.8. The lowest BCUT2D eigenvalue weighted by Gasteiger charge is -2.45. The Bertz CT molecular complexity index is 1600. The predicted molar refractivity (Wildman–Crippen MR) is 183 cm³/mol. The quantitative estimate of drug-likeness (QED) is 0.265. The number of nitrogens with zero attached hydrogens (tertiary/aromatic N) is 2. The number of nitrogens with one attached hydrogen (secondary N) is 2. The van der Waals surface area contributed by atoms with Gasteiger partial charge in [-0.2, -0.15) is 0 Å². The van der Waals surface area contributed by atoms with Crippen LogP contribution in [0.3, 0.4) is 0 Å². The predicted octanol–water partition coefficient (Wildman–Crippen LogP) is 5.93. The summed E-state index contributed by atoms with van der Waals surface area (Å²) in [7, 11) is -3.33. The maximum absolute atomic E-state index is 14.0. The Morgan fingerprint density at radius 3 is 2.04 bits per heavy atom. The summed E-state index contributed by atoms with van der Waals surface area (Å²) in [6.45, 7) is 2.99. The molecule has 6 rings (SSSR count). The van der Waals surface area contributed by atoms with Gasteiger partial charge in [-0.05, 0) is 91.7 Å². The lowest BCUT2D eigenvalue weighted by atomic mass is 9.82. The number of hydrogen-bond acceptors (Lipinski definition) is 6. The maximum atomic E-state index is 14.0. The Kier molecular flexibility index (Phi) is 10.5. The average molecular weight is 659 g/mol. The number of rotatable bonds is 11. The first-order valence-electron chi connectivity index (χ1n) is 16.9. The molecule has 2 atom stereocenters. The normalized spacial score (nSPS) is 21.8. The van der Waals surface area contributed by atoms with E-state index in [0.29, 0.717) is 29.6 Å².